The van der Waals surface area contributed by atoms with Crippen LogP contribution in [-0.4, -0.2) is 47.7 Å². The Bertz CT molecular complexity index is 625. The maximum absolute atomic E-state index is 12.0. The van der Waals surface area contributed by atoms with Gasteiger partial charge in [0.25, 0.3) is 0 Å². The minimum Gasteiger partial charge on any atom is -0.345 e. The minimum atomic E-state index is 0. The van der Waals surface area contributed by atoms with Crippen molar-refractivity contribution in [3.05, 3.63) is 42.1 Å². The lowest BCUT2D eigenvalue weighted by molar-refractivity contribution is -0.135. The van der Waals surface area contributed by atoms with Crippen LogP contribution < -0.4 is 5.32 Å². The highest BCUT2D eigenvalue weighted by Crippen LogP contribution is 2.17. The van der Waals surface area contributed by atoms with Crippen LogP contribution in [-0.2, 0) is 11.2 Å². The van der Waals surface area contributed by atoms with Gasteiger partial charge < -0.3 is 10.2 Å². The highest BCUT2D eigenvalue weighted by molar-refractivity contribution is 5.85. The van der Waals surface area contributed by atoms with Gasteiger partial charge >= 0.3 is 0 Å². The minimum absolute atomic E-state index is 0. The summed E-state index contributed by atoms with van der Waals surface area (Å²) in [5.74, 6) is 0.440. The Hall–Kier alpha value is -1.85. The number of nitrogens with zero attached hydrogens (tertiary/aromatic N) is 2. The van der Waals surface area contributed by atoms with Gasteiger partial charge in [0.15, 0.2) is 0 Å². The standard InChI is InChI=1S/C17H22N4O.ClH/c1-21(17(22)14-11-18-12-14)9-5-8-15-10-16(20-19-15)13-6-3-2-4-7-13;/h2-4,6-7,10,14,18H,5,8-9,11-12H2,1H3,(H,19,20);1H. The third-order valence-corrected chi connectivity index (χ3v) is 4.15. The number of hydrogen-bond donors (Lipinski definition) is 2. The van der Waals surface area contributed by atoms with Gasteiger partial charge in [-0.15, -0.1) is 12.4 Å². The van der Waals surface area contributed by atoms with Crippen LogP contribution in [0.4, 0.5) is 0 Å². The quantitative estimate of drug-likeness (QED) is 0.850. The molecule has 5 nitrogen and oxygen atoms in total. The molecule has 3 rings (SSSR count). The first-order valence-corrected chi connectivity index (χ1v) is 7.79. The molecule has 2 heterocycles. The van der Waals surface area contributed by atoms with Crippen LogP contribution in [0.1, 0.15) is 12.1 Å². The number of H-pyrrole nitrogens is 1. The summed E-state index contributed by atoms with van der Waals surface area (Å²) in [5.41, 5.74) is 3.21. The molecule has 124 valence electrons. The van der Waals surface area contributed by atoms with E-state index in [0.717, 1.165) is 49.4 Å². The van der Waals surface area contributed by atoms with E-state index in [1.165, 1.54) is 0 Å². The summed E-state index contributed by atoms with van der Waals surface area (Å²) < 4.78 is 0. The molecule has 0 unspecified atom stereocenters. The molecule has 0 aliphatic carbocycles. The number of nitrogens with one attached hydrogen (secondary N) is 2. The zero-order valence-corrected chi connectivity index (χ0v) is 14.1. The fourth-order valence-corrected chi connectivity index (χ4v) is 2.64. The number of aryl methyl sites for hydroxylation is 1. The normalized spacial score (nSPS) is 14.0. The Morgan fingerprint density at radius 1 is 1.30 bits per heavy atom. The molecule has 23 heavy (non-hydrogen) atoms. The second kappa shape index (κ2) is 8.13. The number of hydrogen-bond acceptors (Lipinski definition) is 3. The molecule has 0 radical (unpaired) electrons. The van der Waals surface area contributed by atoms with Crippen molar-refractivity contribution in [3.8, 4) is 11.3 Å². The molecule has 6 heteroatoms. The van der Waals surface area contributed by atoms with Crippen molar-refractivity contribution in [2.24, 2.45) is 5.92 Å². The highest BCUT2D eigenvalue weighted by atomic mass is 35.5. The summed E-state index contributed by atoms with van der Waals surface area (Å²) in [5, 5.41) is 10.6. The van der Waals surface area contributed by atoms with E-state index in [2.05, 4.69) is 33.7 Å². The molecule has 2 N–H and O–H groups in total. The van der Waals surface area contributed by atoms with Gasteiger partial charge in [0.1, 0.15) is 0 Å². The van der Waals surface area contributed by atoms with E-state index in [4.69, 9.17) is 0 Å². The summed E-state index contributed by atoms with van der Waals surface area (Å²) in [6.45, 7) is 2.43. The summed E-state index contributed by atoms with van der Waals surface area (Å²) in [4.78, 5) is 13.9. The monoisotopic (exact) mass is 334 g/mol. The Morgan fingerprint density at radius 2 is 2.04 bits per heavy atom. The van der Waals surface area contributed by atoms with Crippen LogP contribution >= 0.6 is 12.4 Å². The van der Waals surface area contributed by atoms with Crippen molar-refractivity contribution in [1.29, 1.82) is 0 Å². The molecule has 2 aromatic rings. The van der Waals surface area contributed by atoms with Crippen LogP contribution in [0.2, 0.25) is 0 Å². The van der Waals surface area contributed by atoms with E-state index in [0.29, 0.717) is 0 Å². The molecular weight excluding hydrogens is 312 g/mol. The molecule has 1 fully saturated rings. The van der Waals surface area contributed by atoms with Gasteiger partial charge in [0, 0.05) is 37.9 Å². The van der Waals surface area contributed by atoms with Gasteiger partial charge in [-0.05, 0) is 18.9 Å². The van der Waals surface area contributed by atoms with E-state index in [-0.39, 0.29) is 24.2 Å². The van der Waals surface area contributed by atoms with Crippen molar-refractivity contribution in [2.75, 3.05) is 26.7 Å². The molecule has 0 spiro atoms. The lowest BCUT2D eigenvalue weighted by Gasteiger charge is -2.30. The Morgan fingerprint density at radius 3 is 2.70 bits per heavy atom. The summed E-state index contributed by atoms with van der Waals surface area (Å²) in [6.07, 6.45) is 1.85. The smallest absolute Gasteiger partial charge is 0.227 e. The van der Waals surface area contributed by atoms with Crippen molar-refractivity contribution in [2.45, 2.75) is 12.8 Å². The first-order chi connectivity index (χ1) is 10.7. The van der Waals surface area contributed by atoms with Crippen LogP contribution in [0.3, 0.4) is 0 Å². The van der Waals surface area contributed by atoms with Gasteiger partial charge in [0.2, 0.25) is 5.91 Å². The maximum Gasteiger partial charge on any atom is 0.227 e. The van der Waals surface area contributed by atoms with Crippen molar-refractivity contribution >= 4 is 18.3 Å². The lowest BCUT2D eigenvalue weighted by atomic mass is 10.0. The highest BCUT2D eigenvalue weighted by Gasteiger charge is 2.27. The molecule has 0 saturated carbocycles. The molecule has 1 saturated heterocycles. The molecular formula is C17H23ClN4O. The Balaban J connectivity index is 0.00000192. The number of aromatic nitrogens is 2. The maximum atomic E-state index is 12.0. The first kappa shape index (κ1) is 17.5. The second-order valence-corrected chi connectivity index (χ2v) is 5.86. The number of carbonyl (C=O) groups excluding carboxylic acids is 1. The number of rotatable bonds is 6. The predicted octanol–water partition coefficient (Wildman–Crippen LogP) is 2.11. The van der Waals surface area contributed by atoms with Gasteiger partial charge in [-0.25, -0.2) is 0 Å². The predicted molar refractivity (Wildman–Crippen MR) is 93.6 cm³/mol. The van der Waals surface area contributed by atoms with Gasteiger partial charge in [-0.1, -0.05) is 30.3 Å². The second-order valence-electron chi connectivity index (χ2n) is 5.86. The van der Waals surface area contributed by atoms with E-state index >= 15 is 0 Å². The van der Waals surface area contributed by atoms with Crippen LogP contribution in [0.25, 0.3) is 11.3 Å². The van der Waals surface area contributed by atoms with Gasteiger partial charge in [-0.2, -0.15) is 5.10 Å². The largest absolute Gasteiger partial charge is 0.345 e. The average molecular weight is 335 g/mol. The van der Waals surface area contributed by atoms with Crippen LogP contribution in [0.15, 0.2) is 36.4 Å². The van der Waals surface area contributed by atoms with Crippen molar-refractivity contribution < 1.29 is 4.79 Å². The number of halogens is 1. The fraction of sp³-hybridized carbons (Fsp3) is 0.412. The summed E-state index contributed by atoms with van der Waals surface area (Å²) in [6, 6.07) is 12.2. The molecule has 1 aliphatic heterocycles. The lowest BCUT2D eigenvalue weighted by Crippen LogP contribution is -2.51. The zero-order valence-electron chi connectivity index (χ0n) is 13.3. The number of benzene rings is 1. The molecule has 0 bridgehead atoms. The molecule has 1 aromatic carbocycles. The third kappa shape index (κ3) is 4.33. The number of aromatic amines is 1. The zero-order chi connectivity index (χ0) is 15.4. The third-order valence-electron chi connectivity index (χ3n) is 4.15. The summed E-state index contributed by atoms with van der Waals surface area (Å²) >= 11 is 0. The molecule has 0 atom stereocenters. The fourth-order valence-electron chi connectivity index (χ4n) is 2.64. The molecule has 1 aromatic heterocycles. The van der Waals surface area contributed by atoms with Gasteiger partial charge in [0.05, 0.1) is 11.6 Å². The van der Waals surface area contributed by atoms with E-state index in [1.54, 1.807) is 0 Å². The average Bonchev–Trinajstić information content (AvgIpc) is 2.95. The van der Waals surface area contributed by atoms with Crippen molar-refractivity contribution in [1.82, 2.24) is 20.4 Å². The number of carbonyl (C=O) groups is 1. The van der Waals surface area contributed by atoms with Gasteiger partial charge in [-0.3, -0.25) is 9.89 Å². The van der Waals surface area contributed by atoms with E-state index in [1.807, 2.05) is 30.1 Å². The molecule has 1 aliphatic rings. The van der Waals surface area contributed by atoms with E-state index in [9.17, 15) is 4.79 Å². The number of amides is 1. The van der Waals surface area contributed by atoms with Crippen LogP contribution in [0, 0.1) is 5.92 Å². The Kier molecular flexibility index (Phi) is 6.19. The summed E-state index contributed by atoms with van der Waals surface area (Å²) in [7, 11) is 1.89. The topological polar surface area (TPSA) is 61.0 Å². The SMILES string of the molecule is CN(CCCc1cc(-c2ccccc2)n[nH]1)C(=O)C1CNC1.Cl. The molecule has 1 amide bonds. The van der Waals surface area contributed by atoms with Crippen molar-refractivity contribution in [3.63, 3.8) is 0 Å². The van der Waals surface area contributed by atoms with E-state index < -0.39 is 0 Å². The first-order valence-electron chi connectivity index (χ1n) is 7.79. The Labute approximate surface area is 142 Å². The van der Waals surface area contributed by atoms with Crippen LogP contribution in [0.5, 0.6) is 0 Å².